The third-order valence-corrected chi connectivity index (χ3v) is 10.7. The van der Waals surface area contributed by atoms with Gasteiger partial charge in [0.25, 0.3) is 0 Å². The maximum absolute atomic E-state index is 13.1. The van der Waals surface area contributed by atoms with Crippen LogP contribution < -0.4 is 5.32 Å². The maximum atomic E-state index is 13.1. The topological polar surface area (TPSA) is 91.3 Å². The van der Waals surface area contributed by atoms with Crippen LogP contribution in [0.4, 0.5) is 18.9 Å². The molecule has 2 aliphatic heterocycles. The Morgan fingerprint density at radius 2 is 1.40 bits per heavy atom. The molecule has 2 aromatic carbocycles. The van der Waals surface area contributed by atoms with Crippen molar-refractivity contribution in [2.75, 3.05) is 31.5 Å². The van der Waals surface area contributed by atoms with E-state index < -0.39 is 30.3 Å². The number of aliphatic hydroxyl groups excluding tert-OH is 1. The minimum Gasteiger partial charge on any atom is -0.392 e. The molecule has 8 nitrogen and oxygen atoms in total. The van der Waals surface area contributed by atoms with Crippen molar-refractivity contribution >= 4 is 17.5 Å². The van der Waals surface area contributed by atoms with Gasteiger partial charge in [-0.05, 0) is 62.0 Å². The van der Waals surface area contributed by atoms with E-state index in [0.29, 0.717) is 17.0 Å². The Bertz CT molecular complexity index is 1360. The number of likely N-dealkylation sites (tertiary alicyclic amines) is 1. The summed E-state index contributed by atoms with van der Waals surface area (Å²) in [6.45, 7) is 9.33. The van der Waals surface area contributed by atoms with Crippen molar-refractivity contribution in [3.63, 3.8) is 0 Å². The second-order valence-electron chi connectivity index (χ2n) is 14.9. The van der Waals surface area contributed by atoms with Crippen LogP contribution in [0, 0.1) is 5.92 Å². The first-order valence-electron chi connectivity index (χ1n) is 20.1. The lowest BCUT2D eigenvalue weighted by molar-refractivity contribution is -0.276. The number of nitrogens with zero attached hydrogens (tertiary/aromatic N) is 2. The molecule has 11 heteroatoms. The predicted octanol–water partition coefficient (Wildman–Crippen LogP) is 9.49. The molecule has 2 fully saturated rings. The number of amides is 2. The monoisotopic (exact) mass is 745 g/mol. The summed E-state index contributed by atoms with van der Waals surface area (Å²) in [6.07, 6.45) is 9.26. The van der Waals surface area contributed by atoms with Crippen LogP contribution in [0.1, 0.15) is 140 Å². The third-order valence-electron chi connectivity index (χ3n) is 10.7. The molecule has 0 aliphatic carbocycles. The van der Waals surface area contributed by atoms with Gasteiger partial charge in [-0.3, -0.25) is 9.59 Å². The standard InChI is InChI=1S/C42H62F3N3O5/c1-4-6-8-10-12-14-26-47(27-15-13-11-9-7-5-2)29-37-31(3)38(33-20-18-32(30-49)19-21-33)53-40(52-37)34-22-24-35(25-23-34)46-39(50)36-17-16-28-48(36)41(51)42(43,44)45/h18-25,31,36-38,40,49H,4-17,26-30H2,1-3H3,(H,46,50). The number of anilines is 1. The fourth-order valence-electron chi connectivity index (χ4n) is 7.50. The summed E-state index contributed by atoms with van der Waals surface area (Å²) in [6, 6.07) is 13.6. The number of rotatable bonds is 21. The highest BCUT2D eigenvalue weighted by Crippen LogP contribution is 2.42. The Morgan fingerprint density at radius 3 is 1.96 bits per heavy atom. The minimum absolute atomic E-state index is 0.0372. The van der Waals surface area contributed by atoms with Crippen molar-refractivity contribution in [2.24, 2.45) is 5.92 Å². The summed E-state index contributed by atoms with van der Waals surface area (Å²) in [7, 11) is 0. The number of hydrogen-bond acceptors (Lipinski definition) is 6. The molecule has 53 heavy (non-hydrogen) atoms. The molecule has 4 rings (SSSR count). The van der Waals surface area contributed by atoms with Crippen molar-refractivity contribution in [1.29, 1.82) is 0 Å². The van der Waals surface area contributed by atoms with Gasteiger partial charge in [0.2, 0.25) is 5.91 Å². The number of ether oxygens (including phenoxy) is 2. The van der Waals surface area contributed by atoms with E-state index in [0.717, 1.165) is 49.2 Å². The molecule has 5 unspecified atom stereocenters. The zero-order valence-electron chi connectivity index (χ0n) is 32.0. The first-order valence-corrected chi connectivity index (χ1v) is 20.1. The lowest BCUT2D eigenvalue weighted by atomic mass is 9.90. The van der Waals surface area contributed by atoms with E-state index in [1.54, 1.807) is 24.3 Å². The van der Waals surface area contributed by atoms with Crippen LogP contribution in [0.25, 0.3) is 0 Å². The van der Waals surface area contributed by atoms with Crippen LogP contribution >= 0.6 is 0 Å². The molecule has 0 saturated carbocycles. The number of unbranched alkanes of at least 4 members (excludes halogenated alkanes) is 10. The van der Waals surface area contributed by atoms with Crippen molar-refractivity contribution in [1.82, 2.24) is 9.80 Å². The molecule has 5 atom stereocenters. The first kappa shape index (κ1) is 42.7. The molecule has 0 radical (unpaired) electrons. The first-order chi connectivity index (χ1) is 25.5. The van der Waals surface area contributed by atoms with Crippen LogP contribution in [0.2, 0.25) is 0 Å². The Balaban J connectivity index is 1.48. The van der Waals surface area contributed by atoms with E-state index in [9.17, 15) is 27.9 Å². The number of aliphatic hydroxyl groups is 1. The molecule has 2 heterocycles. The summed E-state index contributed by atoms with van der Waals surface area (Å²) >= 11 is 0. The number of carbonyl (C=O) groups excluding carboxylic acids is 2. The van der Waals surface area contributed by atoms with Crippen LogP contribution in [0.5, 0.6) is 0 Å². The molecule has 2 aliphatic rings. The van der Waals surface area contributed by atoms with Crippen LogP contribution in [-0.2, 0) is 25.7 Å². The highest BCUT2D eigenvalue weighted by atomic mass is 19.4. The van der Waals surface area contributed by atoms with Gasteiger partial charge in [0, 0.05) is 30.3 Å². The summed E-state index contributed by atoms with van der Waals surface area (Å²) in [5.41, 5.74) is 2.99. The molecule has 2 aromatic rings. The van der Waals surface area contributed by atoms with Gasteiger partial charge in [-0.1, -0.05) is 121 Å². The van der Waals surface area contributed by atoms with Gasteiger partial charge in [0.15, 0.2) is 6.29 Å². The Kier molecular flexibility index (Phi) is 17.6. The summed E-state index contributed by atoms with van der Waals surface area (Å²) < 4.78 is 52.8. The van der Waals surface area contributed by atoms with E-state index in [1.807, 2.05) is 24.3 Å². The Hall–Kier alpha value is -2.99. The number of alkyl halides is 3. The average Bonchev–Trinajstić information content (AvgIpc) is 3.65. The predicted molar refractivity (Wildman–Crippen MR) is 202 cm³/mol. The second-order valence-corrected chi connectivity index (χ2v) is 14.9. The lowest BCUT2D eigenvalue weighted by Crippen LogP contribution is -2.48. The minimum atomic E-state index is -5.03. The quantitative estimate of drug-likeness (QED) is 0.124. The fraction of sp³-hybridized carbons (Fsp3) is 0.667. The zero-order valence-corrected chi connectivity index (χ0v) is 32.0. The van der Waals surface area contributed by atoms with E-state index in [4.69, 9.17) is 9.47 Å². The van der Waals surface area contributed by atoms with Gasteiger partial charge in [-0.2, -0.15) is 13.2 Å². The number of halogens is 3. The Labute approximate surface area is 314 Å². The highest BCUT2D eigenvalue weighted by molar-refractivity contribution is 5.98. The van der Waals surface area contributed by atoms with E-state index in [1.165, 1.54) is 64.2 Å². The number of nitrogens with one attached hydrogen (secondary N) is 1. The molecular weight excluding hydrogens is 683 g/mol. The summed E-state index contributed by atoms with van der Waals surface area (Å²) in [5, 5.41) is 12.3. The van der Waals surface area contributed by atoms with E-state index >= 15 is 0 Å². The average molecular weight is 746 g/mol. The summed E-state index contributed by atoms with van der Waals surface area (Å²) in [5.74, 6) is -2.59. The van der Waals surface area contributed by atoms with Gasteiger partial charge >= 0.3 is 12.1 Å². The molecule has 0 aromatic heterocycles. The SMILES string of the molecule is CCCCCCCCN(CCCCCCCC)CC1OC(c2ccc(NC(=O)C3CCCN3C(=O)C(F)(F)F)cc2)OC(c2ccc(CO)cc2)C1C. The zero-order chi connectivity index (χ0) is 38.2. The lowest BCUT2D eigenvalue weighted by Gasteiger charge is -2.43. The molecule has 2 N–H and O–H groups in total. The van der Waals surface area contributed by atoms with Gasteiger partial charge in [-0.15, -0.1) is 0 Å². The van der Waals surface area contributed by atoms with Crippen LogP contribution in [-0.4, -0.2) is 71.2 Å². The molecule has 0 spiro atoms. The Morgan fingerprint density at radius 1 is 0.830 bits per heavy atom. The normalized spacial score (nSPS) is 22.0. The number of carbonyl (C=O) groups is 2. The molecule has 2 saturated heterocycles. The summed E-state index contributed by atoms with van der Waals surface area (Å²) in [4.78, 5) is 28.1. The number of hydrogen-bond donors (Lipinski definition) is 2. The highest BCUT2D eigenvalue weighted by Gasteiger charge is 2.47. The van der Waals surface area contributed by atoms with Gasteiger partial charge in [0.1, 0.15) is 6.04 Å². The van der Waals surface area contributed by atoms with Crippen molar-refractivity contribution in [2.45, 2.75) is 148 Å². The van der Waals surface area contributed by atoms with E-state index in [2.05, 4.69) is 31.0 Å². The molecule has 0 bridgehead atoms. The van der Waals surface area contributed by atoms with E-state index in [-0.39, 0.29) is 37.7 Å². The molecule has 2 amide bonds. The third kappa shape index (κ3) is 13.1. The largest absolute Gasteiger partial charge is 0.471 e. The molecular formula is C42H62F3N3O5. The van der Waals surface area contributed by atoms with Crippen LogP contribution in [0.15, 0.2) is 48.5 Å². The number of benzene rings is 2. The van der Waals surface area contributed by atoms with Crippen molar-refractivity contribution < 1.29 is 37.3 Å². The van der Waals surface area contributed by atoms with Crippen molar-refractivity contribution in [3.8, 4) is 0 Å². The second kappa shape index (κ2) is 21.8. The van der Waals surface area contributed by atoms with Gasteiger partial charge in [0.05, 0.1) is 18.8 Å². The maximum Gasteiger partial charge on any atom is 0.471 e. The smallest absolute Gasteiger partial charge is 0.392 e. The van der Waals surface area contributed by atoms with Crippen LogP contribution in [0.3, 0.4) is 0 Å². The van der Waals surface area contributed by atoms with Gasteiger partial charge in [-0.25, -0.2) is 0 Å². The van der Waals surface area contributed by atoms with Crippen molar-refractivity contribution in [3.05, 3.63) is 65.2 Å². The molecule has 296 valence electrons. The fourth-order valence-corrected chi connectivity index (χ4v) is 7.50. The van der Waals surface area contributed by atoms with Gasteiger partial charge < -0.3 is 29.7 Å².